The number of thiophene rings is 1. The smallest absolute Gasteiger partial charge is 0.341 e. The first-order valence-corrected chi connectivity index (χ1v) is 11.3. The summed E-state index contributed by atoms with van der Waals surface area (Å²) in [6, 6.07) is 9.55. The number of ether oxygens (including phenoxy) is 2. The molecule has 0 unspecified atom stereocenters. The van der Waals surface area contributed by atoms with E-state index in [4.69, 9.17) is 9.47 Å². The molecule has 0 fully saturated rings. The van der Waals surface area contributed by atoms with E-state index in [1.54, 1.807) is 23.9 Å². The predicted octanol–water partition coefficient (Wildman–Crippen LogP) is 5.32. The molecule has 32 heavy (non-hydrogen) atoms. The van der Waals surface area contributed by atoms with E-state index in [0.717, 1.165) is 16.2 Å². The normalized spacial score (nSPS) is 11.3. The largest absolute Gasteiger partial charge is 0.471 e. The third-order valence-electron chi connectivity index (χ3n) is 5.05. The van der Waals surface area contributed by atoms with Gasteiger partial charge in [-0.25, -0.2) is 9.48 Å². The van der Waals surface area contributed by atoms with Gasteiger partial charge in [0.1, 0.15) is 10.8 Å². The summed E-state index contributed by atoms with van der Waals surface area (Å²) in [5, 5.41) is 7.55. The van der Waals surface area contributed by atoms with E-state index in [1.165, 1.54) is 16.9 Å². The van der Waals surface area contributed by atoms with E-state index in [2.05, 4.69) is 31.2 Å². The second kappa shape index (κ2) is 9.56. The van der Waals surface area contributed by atoms with Crippen molar-refractivity contribution in [1.82, 2.24) is 9.78 Å². The zero-order valence-corrected chi connectivity index (χ0v) is 20.1. The molecule has 1 amide bonds. The summed E-state index contributed by atoms with van der Waals surface area (Å²) in [6.07, 6.45) is 1.68. The van der Waals surface area contributed by atoms with E-state index in [0.29, 0.717) is 10.6 Å². The van der Waals surface area contributed by atoms with Gasteiger partial charge in [0.2, 0.25) is 0 Å². The number of nitrogens with zero attached hydrogens (tertiary/aromatic N) is 2. The number of nitrogens with one attached hydrogen (secondary N) is 1. The van der Waals surface area contributed by atoms with Crippen molar-refractivity contribution < 1.29 is 19.1 Å². The summed E-state index contributed by atoms with van der Waals surface area (Å²) in [5.41, 5.74) is 2.74. The van der Waals surface area contributed by atoms with Gasteiger partial charge in [-0.05, 0) is 55.5 Å². The number of benzene rings is 1. The van der Waals surface area contributed by atoms with Gasteiger partial charge in [0.15, 0.2) is 12.4 Å². The van der Waals surface area contributed by atoms with Crippen LogP contribution in [0.3, 0.4) is 0 Å². The molecule has 0 saturated carbocycles. The molecule has 0 radical (unpaired) electrons. The molecule has 0 spiro atoms. The van der Waals surface area contributed by atoms with Crippen molar-refractivity contribution >= 4 is 28.2 Å². The molecule has 1 aromatic carbocycles. The number of carbonyl (C=O) groups excluding carboxylic acids is 2. The first-order chi connectivity index (χ1) is 15.1. The van der Waals surface area contributed by atoms with Crippen molar-refractivity contribution in [1.29, 1.82) is 0 Å². The van der Waals surface area contributed by atoms with Crippen molar-refractivity contribution in [3.05, 3.63) is 63.8 Å². The molecule has 3 rings (SSSR count). The molecular formula is C24H29N3O4S. The van der Waals surface area contributed by atoms with Crippen molar-refractivity contribution in [2.45, 2.75) is 53.7 Å². The van der Waals surface area contributed by atoms with Gasteiger partial charge in [-0.1, -0.05) is 32.9 Å². The molecule has 0 saturated heterocycles. The maximum Gasteiger partial charge on any atom is 0.341 e. The molecule has 1 N–H and O–H groups in total. The van der Waals surface area contributed by atoms with Crippen LogP contribution in [0.1, 0.15) is 64.5 Å². The molecule has 2 heterocycles. The number of aromatic nitrogens is 2. The minimum absolute atomic E-state index is 0.0789. The molecule has 0 aliphatic rings. The van der Waals surface area contributed by atoms with Crippen molar-refractivity contribution in [2.24, 2.45) is 0 Å². The summed E-state index contributed by atoms with van der Waals surface area (Å²) >= 11 is 1.34. The average molecular weight is 456 g/mol. The third kappa shape index (κ3) is 5.37. The molecule has 0 atom stereocenters. The van der Waals surface area contributed by atoms with Crippen LogP contribution in [-0.4, -0.2) is 28.3 Å². The number of hydrogen-bond acceptors (Lipinski definition) is 6. The molecule has 8 heteroatoms. The summed E-state index contributed by atoms with van der Waals surface area (Å²) in [7, 11) is 0. The fraction of sp³-hybridized carbons (Fsp3) is 0.375. The first kappa shape index (κ1) is 23.5. The lowest BCUT2D eigenvalue weighted by molar-refractivity contribution is 0.0527. The van der Waals surface area contributed by atoms with Gasteiger partial charge < -0.3 is 14.8 Å². The lowest BCUT2D eigenvalue weighted by Gasteiger charge is -2.19. The molecule has 3 aromatic rings. The van der Waals surface area contributed by atoms with Crippen LogP contribution in [-0.2, 0) is 16.9 Å². The van der Waals surface area contributed by atoms with E-state index in [1.807, 2.05) is 38.1 Å². The molecule has 0 aliphatic heterocycles. The average Bonchev–Trinajstić information content (AvgIpc) is 3.31. The fourth-order valence-corrected chi connectivity index (χ4v) is 4.12. The molecule has 0 bridgehead atoms. The number of rotatable bonds is 7. The topological polar surface area (TPSA) is 82.5 Å². The maximum atomic E-state index is 12.7. The van der Waals surface area contributed by atoms with E-state index in [9.17, 15) is 9.59 Å². The summed E-state index contributed by atoms with van der Waals surface area (Å²) < 4.78 is 12.5. The number of esters is 1. The molecule has 7 nitrogen and oxygen atoms in total. The minimum Gasteiger partial charge on any atom is -0.471 e. The van der Waals surface area contributed by atoms with Crippen LogP contribution in [0.5, 0.6) is 5.75 Å². The summed E-state index contributed by atoms with van der Waals surface area (Å²) in [6.45, 7) is 12.4. The Labute approximate surface area is 192 Å². The van der Waals surface area contributed by atoms with E-state index < -0.39 is 11.9 Å². The van der Waals surface area contributed by atoms with Crippen molar-refractivity contribution in [2.75, 3.05) is 11.9 Å². The highest BCUT2D eigenvalue weighted by Crippen LogP contribution is 2.33. The Hall–Kier alpha value is -3.13. The number of anilines is 1. The second-order valence-electron chi connectivity index (χ2n) is 8.45. The first-order valence-electron chi connectivity index (χ1n) is 10.5. The van der Waals surface area contributed by atoms with Crippen LogP contribution < -0.4 is 10.1 Å². The monoisotopic (exact) mass is 455 g/mol. The fourth-order valence-electron chi connectivity index (χ4n) is 3.08. The van der Waals surface area contributed by atoms with Crippen molar-refractivity contribution in [3.63, 3.8) is 0 Å². The van der Waals surface area contributed by atoms with Crippen LogP contribution >= 0.6 is 11.3 Å². The Bertz CT molecular complexity index is 1110. The summed E-state index contributed by atoms with van der Waals surface area (Å²) in [5.74, 6) is -0.116. The SMILES string of the molecule is CCOC(=O)c1c(NC(=O)c2ccn(COc3ccc(C(C)(C)C)cc3)n2)sc(C)c1C. The van der Waals surface area contributed by atoms with Gasteiger partial charge in [-0.3, -0.25) is 4.79 Å². The van der Waals surface area contributed by atoms with E-state index in [-0.39, 0.29) is 24.4 Å². The molecule has 2 aromatic heterocycles. The lowest BCUT2D eigenvalue weighted by Crippen LogP contribution is -2.16. The number of amides is 1. The van der Waals surface area contributed by atoms with Gasteiger partial charge in [-0.15, -0.1) is 11.3 Å². The second-order valence-corrected chi connectivity index (χ2v) is 9.67. The quantitative estimate of drug-likeness (QED) is 0.487. The van der Waals surface area contributed by atoms with Crippen LogP contribution in [0.4, 0.5) is 5.00 Å². The van der Waals surface area contributed by atoms with Gasteiger partial charge in [0.25, 0.3) is 5.91 Å². The van der Waals surface area contributed by atoms with Gasteiger partial charge >= 0.3 is 5.97 Å². The Balaban J connectivity index is 1.65. The Morgan fingerprint density at radius 3 is 2.44 bits per heavy atom. The minimum atomic E-state index is -0.443. The van der Waals surface area contributed by atoms with Crippen LogP contribution in [0.25, 0.3) is 0 Å². The van der Waals surface area contributed by atoms with Crippen molar-refractivity contribution in [3.8, 4) is 5.75 Å². The number of aryl methyl sites for hydroxylation is 1. The molecule has 170 valence electrons. The Morgan fingerprint density at radius 2 is 1.81 bits per heavy atom. The van der Waals surface area contributed by atoms with E-state index >= 15 is 0 Å². The number of hydrogen-bond donors (Lipinski definition) is 1. The van der Waals surface area contributed by atoms with Crippen LogP contribution in [0.2, 0.25) is 0 Å². The van der Waals surface area contributed by atoms with Gasteiger partial charge in [-0.2, -0.15) is 5.10 Å². The highest BCUT2D eigenvalue weighted by molar-refractivity contribution is 7.16. The van der Waals surface area contributed by atoms with Crippen LogP contribution in [0.15, 0.2) is 36.5 Å². The predicted molar refractivity (Wildman–Crippen MR) is 126 cm³/mol. The number of carbonyl (C=O) groups is 2. The standard InChI is InChI=1S/C24H29N3O4S/c1-7-30-23(29)20-15(2)16(3)32-22(20)25-21(28)19-12-13-27(26-19)14-31-18-10-8-17(9-11-18)24(4,5)6/h8-13H,7,14H2,1-6H3,(H,25,28). The maximum absolute atomic E-state index is 12.7. The Morgan fingerprint density at radius 1 is 1.12 bits per heavy atom. The van der Waals surface area contributed by atoms with Gasteiger partial charge in [0, 0.05) is 11.1 Å². The zero-order chi connectivity index (χ0) is 23.5. The Kier molecular flexibility index (Phi) is 7.03. The zero-order valence-electron chi connectivity index (χ0n) is 19.3. The van der Waals surface area contributed by atoms with Crippen LogP contribution in [0, 0.1) is 13.8 Å². The molecule has 0 aliphatic carbocycles. The van der Waals surface area contributed by atoms with Gasteiger partial charge in [0.05, 0.1) is 12.2 Å². The highest BCUT2D eigenvalue weighted by Gasteiger charge is 2.23. The third-order valence-corrected chi connectivity index (χ3v) is 6.17. The summed E-state index contributed by atoms with van der Waals surface area (Å²) in [4.78, 5) is 26.0. The highest BCUT2D eigenvalue weighted by atomic mass is 32.1. The molecular weight excluding hydrogens is 426 g/mol. The lowest BCUT2D eigenvalue weighted by atomic mass is 9.87.